The van der Waals surface area contributed by atoms with E-state index >= 15 is 0 Å². The van der Waals surface area contributed by atoms with Crippen LogP contribution in [0.5, 0.6) is 0 Å². The zero-order valence-electron chi connectivity index (χ0n) is 26.3. The Hall–Kier alpha value is -2.60. The second-order valence-electron chi connectivity index (χ2n) is 11.4. The van der Waals surface area contributed by atoms with E-state index in [1.165, 1.54) is 25.9 Å². The van der Waals surface area contributed by atoms with Crippen LogP contribution < -0.4 is 10.6 Å². The van der Waals surface area contributed by atoms with E-state index in [4.69, 9.17) is 39.5 Å². The molecular weight excluding hydrogens is 635 g/mol. The van der Waals surface area contributed by atoms with Gasteiger partial charge in [0.05, 0.1) is 6.54 Å². The van der Waals surface area contributed by atoms with Crippen molar-refractivity contribution in [3.8, 4) is 0 Å². The zero-order valence-corrected chi connectivity index (χ0v) is 28.6. The molecule has 3 N–H and O–H groups in total. The average molecular weight is 680 g/mol. The van der Waals surface area contributed by atoms with Gasteiger partial charge in [0.25, 0.3) is 0 Å². The smallest absolute Gasteiger partial charge is 0.329 e. The number of nitrogens with one attached hydrogen (secondary N) is 2. The molecule has 0 aliphatic heterocycles. The van der Waals surface area contributed by atoms with Crippen molar-refractivity contribution in [1.82, 2.24) is 20.4 Å². The Balaban J connectivity index is 3.09. The molecule has 0 aromatic heterocycles. The molecule has 1 aromatic rings. The first-order valence-corrected chi connectivity index (χ1v) is 15.6. The zero-order chi connectivity index (χ0) is 33.8. The van der Waals surface area contributed by atoms with E-state index in [-0.39, 0.29) is 24.7 Å². The maximum atomic E-state index is 13.7. The summed E-state index contributed by atoms with van der Waals surface area (Å²) in [5, 5.41) is 15.3. The largest absolute Gasteiger partial charge is 0.460 e. The minimum absolute atomic E-state index is 0.0672. The molecule has 0 saturated carbocycles. The Kier molecular flexibility index (Phi) is 16.5. The second-order valence-corrected chi connectivity index (χ2v) is 13.9. The van der Waals surface area contributed by atoms with Crippen molar-refractivity contribution in [3.05, 3.63) is 35.9 Å². The summed E-state index contributed by atoms with van der Waals surface area (Å²) in [4.78, 5) is 67.6. The Labute approximate surface area is 274 Å². The molecule has 0 aliphatic rings. The molecule has 248 valence electrons. The number of nitrogens with zero attached hydrogens (tertiary/aromatic N) is 2. The van der Waals surface area contributed by atoms with E-state index in [0.717, 1.165) is 10.5 Å². The Bertz CT molecular complexity index is 1120. The maximum absolute atomic E-state index is 13.7. The molecule has 5 atom stereocenters. The van der Waals surface area contributed by atoms with Crippen molar-refractivity contribution in [2.75, 3.05) is 27.2 Å². The van der Waals surface area contributed by atoms with Crippen LogP contribution in [0, 0.1) is 11.8 Å². The highest BCUT2D eigenvalue weighted by Crippen LogP contribution is 2.26. The van der Waals surface area contributed by atoms with Gasteiger partial charge in [-0.1, -0.05) is 99.3 Å². The highest BCUT2D eigenvalue weighted by molar-refractivity contribution is 6.67. The van der Waals surface area contributed by atoms with Crippen LogP contribution in [0.4, 0.5) is 0 Å². The fourth-order valence-electron chi connectivity index (χ4n) is 4.29. The molecule has 0 radical (unpaired) electrons. The molecule has 1 aromatic carbocycles. The molecule has 0 spiro atoms. The van der Waals surface area contributed by atoms with Gasteiger partial charge in [0, 0.05) is 20.5 Å². The standard InChI is InChI=1S/C30H45Cl3N4O7/c1-8-19(4)25(29(43)44-17-30(31,32)33)35-24(39)16-36(6)28(42)22(15-21-12-10-9-11-13-21)37(7)27(41)20(5)34-26(40)23(38)14-18(2)3/h9-13,18-20,22-23,25,38H,8,14-17H2,1-7H3,(H,34,40)(H,35,39)/t19-,20+,22+,23-,25+/m1/s1. The van der Waals surface area contributed by atoms with Gasteiger partial charge >= 0.3 is 5.97 Å². The van der Waals surface area contributed by atoms with Gasteiger partial charge in [-0.15, -0.1) is 0 Å². The number of halogens is 3. The molecule has 0 fully saturated rings. The van der Waals surface area contributed by atoms with Crippen LogP contribution in [0.3, 0.4) is 0 Å². The van der Waals surface area contributed by atoms with E-state index in [2.05, 4.69) is 10.6 Å². The van der Waals surface area contributed by atoms with Crippen molar-refractivity contribution < 1.29 is 33.8 Å². The van der Waals surface area contributed by atoms with E-state index in [1.54, 1.807) is 31.2 Å². The number of amides is 4. The quantitative estimate of drug-likeness (QED) is 0.180. The van der Waals surface area contributed by atoms with Gasteiger partial charge in [0.15, 0.2) is 0 Å². The lowest BCUT2D eigenvalue weighted by molar-refractivity contribution is -0.150. The highest BCUT2D eigenvalue weighted by atomic mass is 35.6. The summed E-state index contributed by atoms with van der Waals surface area (Å²) in [5.41, 5.74) is 0.765. The predicted octanol–water partition coefficient (Wildman–Crippen LogP) is 2.87. The van der Waals surface area contributed by atoms with Gasteiger partial charge in [-0.2, -0.15) is 0 Å². The maximum Gasteiger partial charge on any atom is 0.329 e. The number of benzene rings is 1. The number of rotatable bonds is 16. The normalized spacial score (nSPS) is 14.9. The number of esters is 1. The van der Waals surface area contributed by atoms with Gasteiger partial charge < -0.3 is 30.3 Å². The fourth-order valence-corrected chi connectivity index (χ4v) is 4.45. The summed E-state index contributed by atoms with van der Waals surface area (Å²) in [6.07, 6.45) is -0.394. The van der Waals surface area contributed by atoms with Gasteiger partial charge in [0.1, 0.15) is 30.8 Å². The minimum atomic E-state index is -1.82. The molecule has 0 heterocycles. The number of hydrogen-bond donors (Lipinski definition) is 3. The number of carbonyl (C=O) groups excluding carboxylic acids is 5. The van der Waals surface area contributed by atoms with Crippen LogP contribution >= 0.6 is 34.8 Å². The third-order valence-corrected chi connectivity index (χ3v) is 7.34. The lowest BCUT2D eigenvalue weighted by Gasteiger charge is -2.33. The summed E-state index contributed by atoms with van der Waals surface area (Å²) in [6.45, 7) is 7.83. The molecule has 1 rings (SSSR count). The van der Waals surface area contributed by atoms with Crippen LogP contribution in [-0.2, 0) is 35.1 Å². The first kappa shape index (κ1) is 39.4. The van der Waals surface area contributed by atoms with E-state index in [0.29, 0.717) is 6.42 Å². The summed E-state index contributed by atoms with van der Waals surface area (Å²) in [5.74, 6) is -3.46. The molecule has 0 unspecified atom stereocenters. The van der Waals surface area contributed by atoms with Gasteiger partial charge in [-0.3, -0.25) is 19.2 Å². The summed E-state index contributed by atoms with van der Waals surface area (Å²) >= 11 is 17.0. The van der Waals surface area contributed by atoms with Crippen LogP contribution in [0.1, 0.15) is 53.0 Å². The summed E-state index contributed by atoms with van der Waals surface area (Å²) < 4.78 is 3.25. The lowest BCUT2D eigenvalue weighted by Crippen LogP contribution is -2.56. The number of ether oxygens (including phenoxy) is 1. The number of hydrogen-bond acceptors (Lipinski definition) is 7. The molecule has 44 heavy (non-hydrogen) atoms. The molecule has 4 amide bonds. The van der Waals surface area contributed by atoms with Crippen molar-refractivity contribution in [2.45, 2.75) is 81.9 Å². The Morgan fingerprint density at radius 1 is 0.955 bits per heavy atom. The Morgan fingerprint density at radius 3 is 2.07 bits per heavy atom. The van der Waals surface area contributed by atoms with Gasteiger partial charge in [-0.25, -0.2) is 4.79 Å². The second kappa shape index (κ2) is 18.4. The summed E-state index contributed by atoms with van der Waals surface area (Å²) in [7, 11) is 2.85. The SMILES string of the molecule is CC[C@@H](C)[C@H](NC(=O)CN(C)C(=O)[C@H](Cc1ccccc1)N(C)C(=O)[C@H](C)NC(=O)[C@H](O)CC(C)C)C(=O)OCC(Cl)(Cl)Cl. The van der Waals surface area contributed by atoms with Crippen LogP contribution in [0.25, 0.3) is 0 Å². The van der Waals surface area contributed by atoms with E-state index < -0.39 is 70.8 Å². The number of alkyl halides is 3. The number of carbonyl (C=O) groups is 5. The average Bonchev–Trinajstić information content (AvgIpc) is 2.95. The first-order chi connectivity index (χ1) is 20.4. The molecule has 0 bridgehead atoms. The third-order valence-electron chi connectivity index (χ3n) is 7.02. The van der Waals surface area contributed by atoms with Crippen LogP contribution in [0.2, 0.25) is 0 Å². The van der Waals surface area contributed by atoms with Crippen LogP contribution in [-0.4, -0.2) is 99.8 Å². The molecule has 0 saturated heterocycles. The number of likely N-dealkylation sites (N-methyl/N-ethyl adjacent to an activating group) is 2. The predicted molar refractivity (Wildman–Crippen MR) is 170 cm³/mol. The minimum Gasteiger partial charge on any atom is -0.460 e. The van der Waals surface area contributed by atoms with Gasteiger partial charge in [-0.05, 0) is 30.7 Å². The topological polar surface area (TPSA) is 145 Å². The van der Waals surface area contributed by atoms with Crippen molar-refractivity contribution in [3.63, 3.8) is 0 Å². The molecule has 14 heteroatoms. The lowest BCUT2D eigenvalue weighted by atomic mass is 9.99. The molecule has 0 aliphatic carbocycles. The number of aliphatic hydroxyl groups is 1. The van der Waals surface area contributed by atoms with E-state index in [1.807, 2.05) is 26.8 Å². The van der Waals surface area contributed by atoms with Crippen molar-refractivity contribution in [1.29, 1.82) is 0 Å². The highest BCUT2D eigenvalue weighted by Gasteiger charge is 2.35. The monoisotopic (exact) mass is 678 g/mol. The van der Waals surface area contributed by atoms with Crippen molar-refractivity contribution >= 4 is 64.4 Å². The fraction of sp³-hybridized carbons (Fsp3) is 0.633. The number of aliphatic hydroxyl groups excluding tert-OH is 1. The van der Waals surface area contributed by atoms with Crippen LogP contribution in [0.15, 0.2) is 30.3 Å². The third kappa shape index (κ3) is 13.6. The molecular formula is C30H45Cl3N4O7. The first-order valence-electron chi connectivity index (χ1n) is 14.4. The Morgan fingerprint density at radius 2 is 1.55 bits per heavy atom. The van der Waals surface area contributed by atoms with Gasteiger partial charge in [0.2, 0.25) is 27.4 Å². The molecule has 11 nitrogen and oxygen atoms in total. The van der Waals surface area contributed by atoms with Crippen molar-refractivity contribution in [2.24, 2.45) is 11.8 Å². The van der Waals surface area contributed by atoms with E-state index in [9.17, 15) is 29.1 Å². The summed E-state index contributed by atoms with van der Waals surface area (Å²) in [6, 6.07) is 5.89.